The first-order valence-electron chi connectivity index (χ1n) is 4.54. The van der Waals surface area contributed by atoms with Crippen LogP contribution in [0.2, 0.25) is 0 Å². The van der Waals surface area contributed by atoms with E-state index >= 15 is 0 Å². The quantitative estimate of drug-likeness (QED) is 0.655. The minimum absolute atomic E-state index is 0.450. The third-order valence-corrected chi connectivity index (χ3v) is 2.35. The third-order valence-electron chi connectivity index (χ3n) is 2.35. The van der Waals surface area contributed by atoms with Gasteiger partial charge in [-0.05, 0) is 19.4 Å². The molecular weight excluding hydrogens is 148 g/mol. The molecule has 1 N–H and O–H groups in total. The summed E-state index contributed by atoms with van der Waals surface area (Å²) < 4.78 is 0. The van der Waals surface area contributed by atoms with E-state index in [1.807, 2.05) is 6.20 Å². The monoisotopic (exact) mass is 162 g/mol. The number of aromatic amines is 1. The lowest BCUT2D eigenvalue weighted by molar-refractivity contribution is 0.711. The van der Waals surface area contributed by atoms with Gasteiger partial charge in [0, 0.05) is 29.6 Å². The summed E-state index contributed by atoms with van der Waals surface area (Å²) in [7, 11) is 0. The van der Waals surface area contributed by atoms with Gasteiger partial charge in [-0.25, -0.2) is 0 Å². The Bertz CT molecular complexity index is 309. The van der Waals surface area contributed by atoms with Crippen LogP contribution in [0.4, 0.5) is 0 Å². The summed E-state index contributed by atoms with van der Waals surface area (Å²) in [6, 6.07) is 2.58. The molecule has 0 saturated carbocycles. The van der Waals surface area contributed by atoms with Gasteiger partial charge in [0.05, 0.1) is 6.04 Å². The predicted octanol–water partition coefficient (Wildman–Crippen LogP) is 2.16. The van der Waals surface area contributed by atoms with E-state index in [-0.39, 0.29) is 0 Å². The minimum atomic E-state index is 0.450. The van der Waals surface area contributed by atoms with Gasteiger partial charge in [-0.1, -0.05) is 6.92 Å². The number of nitrogens with one attached hydrogen (secondary N) is 1. The Kier molecular flexibility index (Phi) is 1.75. The molecule has 0 fully saturated rings. The zero-order valence-electron chi connectivity index (χ0n) is 7.59. The van der Waals surface area contributed by atoms with Crippen molar-refractivity contribution in [1.82, 2.24) is 4.98 Å². The number of aromatic nitrogens is 1. The lowest BCUT2D eigenvalue weighted by atomic mass is 10.00. The van der Waals surface area contributed by atoms with Gasteiger partial charge in [-0.3, -0.25) is 4.99 Å². The smallest absolute Gasteiger partial charge is 0.0529 e. The maximum absolute atomic E-state index is 4.61. The van der Waals surface area contributed by atoms with Crippen LogP contribution in [0, 0.1) is 0 Å². The van der Waals surface area contributed by atoms with Crippen LogP contribution in [0.5, 0.6) is 0 Å². The summed E-state index contributed by atoms with van der Waals surface area (Å²) in [5.41, 5.74) is 3.94. The average molecular weight is 162 g/mol. The lowest BCUT2D eigenvalue weighted by Gasteiger charge is -2.16. The fourth-order valence-corrected chi connectivity index (χ4v) is 1.80. The van der Waals surface area contributed by atoms with Gasteiger partial charge in [-0.15, -0.1) is 0 Å². The fourth-order valence-electron chi connectivity index (χ4n) is 1.80. The van der Waals surface area contributed by atoms with E-state index < -0.39 is 0 Å². The number of H-pyrrole nitrogens is 1. The van der Waals surface area contributed by atoms with Crippen LogP contribution in [0.25, 0.3) is 0 Å². The molecule has 0 amide bonds. The van der Waals surface area contributed by atoms with Crippen molar-refractivity contribution in [3.63, 3.8) is 0 Å². The summed E-state index contributed by atoms with van der Waals surface area (Å²) in [5.74, 6) is 0. The van der Waals surface area contributed by atoms with Crippen LogP contribution in [-0.2, 0) is 6.42 Å². The van der Waals surface area contributed by atoms with Crippen molar-refractivity contribution >= 4 is 5.71 Å². The van der Waals surface area contributed by atoms with E-state index in [4.69, 9.17) is 0 Å². The Labute approximate surface area is 72.7 Å². The van der Waals surface area contributed by atoms with E-state index in [2.05, 4.69) is 29.9 Å². The van der Waals surface area contributed by atoms with Gasteiger partial charge in [0.15, 0.2) is 0 Å². The zero-order chi connectivity index (χ0) is 8.55. The number of aliphatic imine (C=N–C) groups is 1. The minimum Gasteiger partial charge on any atom is -0.364 e. The summed E-state index contributed by atoms with van der Waals surface area (Å²) in [5, 5.41) is 0. The summed E-state index contributed by atoms with van der Waals surface area (Å²) in [6.45, 7) is 4.33. The molecule has 1 aromatic heterocycles. The average Bonchev–Trinajstić information content (AvgIpc) is 2.50. The molecule has 64 valence electrons. The highest BCUT2D eigenvalue weighted by Gasteiger charge is 2.17. The molecule has 1 aliphatic rings. The topological polar surface area (TPSA) is 28.1 Å². The fraction of sp³-hybridized carbons (Fsp3) is 0.500. The van der Waals surface area contributed by atoms with Gasteiger partial charge >= 0.3 is 0 Å². The lowest BCUT2D eigenvalue weighted by Crippen LogP contribution is -2.17. The van der Waals surface area contributed by atoms with Crippen molar-refractivity contribution < 1.29 is 0 Å². The molecule has 0 saturated heterocycles. The summed E-state index contributed by atoms with van der Waals surface area (Å²) in [4.78, 5) is 7.88. The van der Waals surface area contributed by atoms with Crippen LogP contribution < -0.4 is 0 Å². The van der Waals surface area contributed by atoms with Crippen LogP contribution in [0.1, 0.15) is 31.5 Å². The number of rotatable bonds is 1. The molecule has 0 radical (unpaired) electrons. The predicted molar refractivity (Wildman–Crippen MR) is 50.8 cm³/mol. The largest absolute Gasteiger partial charge is 0.364 e. The molecule has 2 nitrogen and oxygen atoms in total. The zero-order valence-corrected chi connectivity index (χ0v) is 7.59. The van der Waals surface area contributed by atoms with E-state index in [9.17, 15) is 0 Å². The normalized spacial score (nSPS) is 21.8. The molecule has 2 heterocycles. The molecule has 1 aromatic rings. The van der Waals surface area contributed by atoms with Gasteiger partial charge in [0.25, 0.3) is 0 Å². The highest BCUT2D eigenvalue weighted by molar-refractivity contribution is 6.02. The van der Waals surface area contributed by atoms with Gasteiger partial charge in [-0.2, -0.15) is 0 Å². The maximum atomic E-state index is 4.61. The van der Waals surface area contributed by atoms with Gasteiger partial charge < -0.3 is 4.98 Å². The molecule has 1 atom stereocenters. The molecule has 0 unspecified atom stereocenters. The molecule has 2 heteroatoms. The first kappa shape index (κ1) is 7.59. The van der Waals surface area contributed by atoms with Gasteiger partial charge in [0.2, 0.25) is 0 Å². The van der Waals surface area contributed by atoms with Crippen molar-refractivity contribution in [3.8, 4) is 0 Å². The van der Waals surface area contributed by atoms with Crippen LogP contribution in [0.15, 0.2) is 17.3 Å². The second-order valence-corrected chi connectivity index (χ2v) is 3.35. The number of nitrogens with zero attached hydrogens (tertiary/aromatic N) is 1. The summed E-state index contributed by atoms with van der Waals surface area (Å²) >= 11 is 0. The third kappa shape index (κ3) is 1.07. The molecule has 0 aliphatic carbocycles. The van der Waals surface area contributed by atoms with Crippen LogP contribution in [0.3, 0.4) is 0 Å². The molecule has 1 aliphatic heterocycles. The molecule has 2 rings (SSSR count). The van der Waals surface area contributed by atoms with Crippen molar-refractivity contribution in [1.29, 1.82) is 0 Å². The Morgan fingerprint density at radius 2 is 2.50 bits per heavy atom. The van der Waals surface area contributed by atoms with Gasteiger partial charge in [0.1, 0.15) is 0 Å². The Morgan fingerprint density at radius 1 is 1.67 bits per heavy atom. The van der Waals surface area contributed by atoms with Crippen LogP contribution >= 0.6 is 0 Å². The Morgan fingerprint density at radius 3 is 3.25 bits per heavy atom. The Balaban J connectivity index is 2.44. The van der Waals surface area contributed by atoms with Crippen molar-refractivity contribution in [3.05, 3.63) is 23.5 Å². The molecule has 0 bridgehead atoms. The SMILES string of the molecule is CCC1=N[C@@H](C)Cc2[nH]ccc21. The van der Waals surface area contributed by atoms with E-state index in [1.165, 1.54) is 17.0 Å². The second kappa shape index (κ2) is 2.77. The summed E-state index contributed by atoms with van der Waals surface area (Å²) in [6.07, 6.45) is 4.11. The Hall–Kier alpha value is -1.05. The number of fused-ring (bicyclic) bond motifs is 1. The first-order chi connectivity index (χ1) is 5.81. The highest BCUT2D eigenvalue weighted by atomic mass is 14.8. The van der Waals surface area contributed by atoms with E-state index in [0.29, 0.717) is 6.04 Å². The van der Waals surface area contributed by atoms with Crippen molar-refractivity contribution in [2.75, 3.05) is 0 Å². The highest BCUT2D eigenvalue weighted by Crippen LogP contribution is 2.19. The van der Waals surface area contributed by atoms with E-state index in [1.54, 1.807) is 0 Å². The number of hydrogen-bond donors (Lipinski definition) is 1. The number of hydrogen-bond acceptors (Lipinski definition) is 1. The van der Waals surface area contributed by atoms with E-state index in [0.717, 1.165) is 12.8 Å². The van der Waals surface area contributed by atoms with Crippen LogP contribution in [-0.4, -0.2) is 16.7 Å². The maximum Gasteiger partial charge on any atom is 0.0529 e. The first-order valence-corrected chi connectivity index (χ1v) is 4.54. The second-order valence-electron chi connectivity index (χ2n) is 3.35. The van der Waals surface area contributed by atoms with Crippen molar-refractivity contribution in [2.24, 2.45) is 4.99 Å². The molecule has 12 heavy (non-hydrogen) atoms. The van der Waals surface area contributed by atoms with Crippen molar-refractivity contribution in [2.45, 2.75) is 32.7 Å². The molecule has 0 aromatic carbocycles. The molecule has 0 spiro atoms. The molecular formula is C10H14N2. The standard InChI is InChI=1S/C10H14N2/c1-3-9-8-4-5-11-10(8)6-7(2)12-9/h4-5,7,11H,3,6H2,1-2H3/t7-/m0/s1.